The standard InChI is InChI=1S/C20H28N4O/c1-14-8-10-22-13-18(21-19(22)11-14)20(25)23-9-4-5-17(12-23)24-15(2)6-7-16(24)3/h8,10-11,13,15-17H,4-7,9,12H2,1-3H3. The molecule has 0 radical (unpaired) electrons. The predicted molar refractivity (Wildman–Crippen MR) is 98.9 cm³/mol. The number of pyridine rings is 1. The summed E-state index contributed by atoms with van der Waals surface area (Å²) in [5.74, 6) is 0.0746. The van der Waals surface area contributed by atoms with Crippen LogP contribution in [0.5, 0.6) is 0 Å². The highest BCUT2D eigenvalue weighted by Crippen LogP contribution is 2.30. The summed E-state index contributed by atoms with van der Waals surface area (Å²) in [6, 6.07) is 5.81. The molecule has 2 aromatic rings. The van der Waals surface area contributed by atoms with Gasteiger partial charge in [0.1, 0.15) is 11.3 Å². The Morgan fingerprint density at radius 3 is 2.72 bits per heavy atom. The van der Waals surface area contributed by atoms with E-state index in [2.05, 4.69) is 23.7 Å². The number of fused-ring (bicyclic) bond motifs is 1. The number of piperidine rings is 1. The monoisotopic (exact) mass is 340 g/mol. The highest BCUT2D eigenvalue weighted by atomic mass is 16.2. The maximum atomic E-state index is 13.0. The van der Waals surface area contributed by atoms with Gasteiger partial charge < -0.3 is 9.30 Å². The predicted octanol–water partition coefficient (Wildman–Crippen LogP) is 3.12. The van der Waals surface area contributed by atoms with Crippen LogP contribution in [0.1, 0.15) is 55.6 Å². The third-order valence-corrected chi connectivity index (χ3v) is 5.96. The van der Waals surface area contributed by atoms with Gasteiger partial charge in [0.15, 0.2) is 0 Å². The van der Waals surface area contributed by atoms with Crippen LogP contribution in [-0.2, 0) is 0 Å². The zero-order valence-corrected chi connectivity index (χ0v) is 15.5. The lowest BCUT2D eigenvalue weighted by atomic mass is 10.0. The molecule has 4 rings (SSSR count). The van der Waals surface area contributed by atoms with E-state index in [-0.39, 0.29) is 5.91 Å². The topological polar surface area (TPSA) is 40.9 Å². The van der Waals surface area contributed by atoms with Crippen LogP contribution in [0.4, 0.5) is 0 Å². The molecule has 3 unspecified atom stereocenters. The smallest absolute Gasteiger partial charge is 0.274 e. The Morgan fingerprint density at radius 1 is 1.20 bits per heavy atom. The summed E-state index contributed by atoms with van der Waals surface area (Å²) >= 11 is 0. The van der Waals surface area contributed by atoms with Crippen LogP contribution in [-0.4, -0.2) is 56.3 Å². The summed E-state index contributed by atoms with van der Waals surface area (Å²) in [5.41, 5.74) is 2.57. The fraction of sp³-hybridized carbons (Fsp3) is 0.600. The Labute approximate surface area is 149 Å². The SMILES string of the molecule is Cc1ccn2cc(C(=O)N3CCCC(N4C(C)CCC4C)C3)nc2c1. The van der Waals surface area contributed by atoms with Gasteiger partial charge in [-0.15, -0.1) is 0 Å². The number of carbonyl (C=O) groups excluding carboxylic acids is 1. The second-order valence-corrected chi connectivity index (χ2v) is 7.87. The lowest BCUT2D eigenvalue weighted by molar-refractivity contribution is 0.0483. The van der Waals surface area contributed by atoms with Gasteiger partial charge in [0, 0.05) is 43.6 Å². The van der Waals surface area contributed by atoms with Gasteiger partial charge in [0.05, 0.1) is 0 Å². The first-order valence-electron chi connectivity index (χ1n) is 9.55. The molecular weight excluding hydrogens is 312 g/mol. The maximum Gasteiger partial charge on any atom is 0.274 e. The molecule has 2 aromatic heterocycles. The summed E-state index contributed by atoms with van der Waals surface area (Å²) < 4.78 is 1.94. The van der Waals surface area contributed by atoms with Gasteiger partial charge in [0.2, 0.25) is 0 Å². The molecule has 4 heterocycles. The quantitative estimate of drug-likeness (QED) is 0.843. The van der Waals surface area contributed by atoms with E-state index in [9.17, 15) is 4.79 Å². The van der Waals surface area contributed by atoms with Crippen LogP contribution in [0.25, 0.3) is 5.65 Å². The van der Waals surface area contributed by atoms with Crippen molar-refractivity contribution in [1.82, 2.24) is 19.2 Å². The number of hydrogen-bond acceptors (Lipinski definition) is 3. The molecule has 2 fully saturated rings. The van der Waals surface area contributed by atoms with E-state index in [4.69, 9.17) is 0 Å². The molecule has 134 valence electrons. The largest absolute Gasteiger partial charge is 0.336 e. The van der Waals surface area contributed by atoms with E-state index in [1.54, 1.807) is 0 Å². The fourth-order valence-corrected chi connectivity index (χ4v) is 4.67. The number of amides is 1. The normalized spacial score (nSPS) is 28.0. The Hall–Kier alpha value is -1.88. The lowest BCUT2D eigenvalue weighted by Crippen LogP contribution is -2.52. The molecule has 0 spiro atoms. The number of aromatic nitrogens is 2. The van der Waals surface area contributed by atoms with Crippen molar-refractivity contribution in [3.05, 3.63) is 35.8 Å². The van der Waals surface area contributed by atoms with Crippen LogP contribution in [0.2, 0.25) is 0 Å². The molecule has 5 heteroatoms. The Kier molecular flexibility index (Phi) is 4.28. The molecule has 2 aliphatic rings. The van der Waals surface area contributed by atoms with Gasteiger partial charge in [-0.2, -0.15) is 0 Å². The van der Waals surface area contributed by atoms with Crippen LogP contribution < -0.4 is 0 Å². The van der Waals surface area contributed by atoms with Crippen LogP contribution in [0.15, 0.2) is 24.5 Å². The van der Waals surface area contributed by atoms with Crippen molar-refractivity contribution < 1.29 is 4.79 Å². The summed E-state index contributed by atoms with van der Waals surface area (Å²) in [6.45, 7) is 8.38. The van der Waals surface area contributed by atoms with Crippen molar-refractivity contribution in [3.8, 4) is 0 Å². The first kappa shape index (κ1) is 16.6. The summed E-state index contributed by atoms with van der Waals surface area (Å²) in [7, 11) is 0. The molecule has 1 amide bonds. The molecular formula is C20H28N4O. The van der Waals surface area contributed by atoms with E-state index < -0.39 is 0 Å². The molecule has 2 aliphatic heterocycles. The first-order chi connectivity index (χ1) is 12.0. The molecule has 0 aromatic carbocycles. The highest BCUT2D eigenvalue weighted by molar-refractivity contribution is 5.93. The summed E-state index contributed by atoms with van der Waals surface area (Å²) in [6.07, 6.45) is 8.67. The molecule has 0 aliphatic carbocycles. The number of carbonyl (C=O) groups is 1. The molecule has 25 heavy (non-hydrogen) atoms. The van der Waals surface area contributed by atoms with Crippen molar-refractivity contribution in [2.75, 3.05) is 13.1 Å². The molecule has 0 bridgehead atoms. The van der Waals surface area contributed by atoms with Gasteiger partial charge in [-0.25, -0.2) is 4.98 Å². The minimum Gasteiger partial charge on any atom is -0.336 e. The Bertz CT molecular complexity index is 773. The zero-order chi connectivity index (χ0) is 17.6. The molecule has 0 saturated carbocycles. The van der Waals surface area contributed by atoms with Gasteiger partial charge in [-0.1, -0.05) is 0 Å². The van der Waals surface area contributed by atoms with E-state index in [0.29, 0.717) is 23.8 Å². The van der Waals surface area contributed by atoms with Gasteiger partial charge in [-0.3, -0.25) is 9.69 Å². The minimum absolute atomic E-state index is 0.0746. The number of nitrogens with zero attached hydrogens (tertiary/aromatic N) is 4. The van der Waals surface area contributed by atoms with Crippen LogP contribution in [0.3, 0.4) is 0 Å². The number of likely N-dealkylation sites (tertiary alicyclic amines) is 2. The van der Waals surface area contributed by atoms with Gasteiger partial charge in [0.25, 0.3) is 5.91 Å². The Morgan fingerprint density at radius 2 is 1.96 bits per heavy atom. The third kappa shape index (κ3) is 3.06. The van der Waals surface area contributed by atoms with Crippen molar-refractivity contribution in [3.63, 3.8) is 0 Å². The fourth-order valence-electron chi connectivity index (χ4n) is 4.67. The minimum atomic E-state index is 0.0746. The first-order valence-corrected chi connectivity index (χ1v) is 9.55. The van der Waals surface area contributed by atoms with E-state index >= 15 is 0 Å². The van der Waals surface area contributed by atoms with Gasteiger partial charge in [-0.05, 0) is 64.2 Å². The van der Waals surface area contributed by atoms with E-state index in [1.165, 1.54) is 19.3 Å². The van der Waals surface area contributed by atoms with Gasteiger partial charge >= 0.3 is 0 Å². The van der Waals surface area contributed by atoms with Crippen molar-refractivity contribution in [2.24, 2.45) is 0 Å². The molecule has 5 nitrogen and oxygen atoms in total. The summed E-state index contributed by atoms with van der Waals surface area (Å²) in [5, 5.41) is 0. The van der Waals surface area contributed by atoms with Crippen LogP contribution >= 0.6 is 0 Å². The van der Waals surface area contributed by atoms with E-state index in [1.807, 2.05) is 40.8 Å². The zero-order valence-electron chi connectivity index (χ0n) is 15.5. The summed E-state index contributed by atoms with van der Waals surface area (Å²) in [4.78, 5) is 22.2. The number of rotatable bonds is 2. The van der Waals surface area contributed by atoms with Crippen molar-refractivity contribution in [2.45, 2.75) is 64.6 Å². The third-order valence-electron chi connectivity index (χ3n) is 5.96. The molecule has 2 saturated heterocycles. The Balaban J connectivity index is 1.52. The van der Waals surface area contributed by atoms with Crippen molar-refractivity contribution in [1.29, 1.82) is 0 Å². The van der Waals surface area contributed by atoms with E-state index in [0.717, 1.165) is 30.7 Å². The van der Waals surface area contributed by atoms with Crippen molar-refractivity contribution >= 4 is 11.6 Å². The highest BCUT2D eigenvalue weighted by Gasteiger charge is 2.36. The lowest BCUT2D eigenvalue weighted by Gasteiger charge is -2.41. The average Bonchev–Trinajstić information content (AvgIpc) is 3.17. The molecule has 0 N–H and O–H groups in total. The number of hydrogen-bond donors (Lipinski definition) is 0. The van der Waals surface area contributed by atoms with Crippen LogP contribution in [0, 0.1) is 6.92 Å². The second-order valence-electron chi connectivity index (χ2n) is 7.87. The second kappa shape index (κ2) is 6.45. The maximum absolute atomic E-state index is 13.0. The molecule has 3 atom stereocenters. The number of imidazole rings is 1. The number of aryl methyl sites for hydroxylation is 1. The average molecular weight is 340 g/mol.